The van der Waals surface area contributed by atoms with E-state index >= 15 is 0 Å². The molecule has 0 saturated carbocycles. The lowest BCUT2D eigenvalue weighted by Crippen LogP contribution is -2.61. The van der Waals surface area contributed by atoms with Gasteiger partial charge in [-0.2, -0.15) is 0 Å². The van der Waals surface area contributed by atoms with Crippen molar-refractivity contribution in [1.29, 1.82) is 0 Å². The zero-order valence-corrected chi connectivity index (χ0v) is 49.8. The fourth-order valence-corrected chi connectivity index (χ4v) is 9.43. The molecule has 450 valence electrons. The molecule has 0 aliphatic carbocycles. The Balaban J connectivity index is 2.69. The van der Waals surface area contributed by atoms with Crippen LogP contribution in [0.2, 0.25) is 0 Å². The van der Waals surface area contributed by atoms with Gasteiger partial charge in [0.25, 0.3) is 0 Å². The molecule has 78 heavy (non-hydrogen) atoms. The van der Waals surface area contributed by atoms with Gasteiger partial charge in [-0.1, -0.05) is 241 Å². The van der Waals surface area contributed by atoms with Crippen molar-refractivity contribution in [2.24, 2.45) is 0 Å². The monoisotopic (exact) mass is 1100 g/mol. The maximum absolute atomic E-state index is 13.4. The Morgan fingerprint density at radius 2 is 0.885 bits per heavy atom. The largest absolute Gasteiger partial charge is 0.454 e. The molecule has 0 aromatic rings. The second-order valence-corrected chi connectivity index (χ2v) is 21.8. The van der Waals surface area contributed by atoms with E-state index in [2.05, 4.69) is 99.0 Å². The quantitative estimate of drug-likeness (QED) is 0.0195. The lowest BCUT2D eigenvalue weighted by Gasteiger charge is -2.41. The van der Waals surface area contributed by atoms with Gasteiger partial charge in [-0.05, 0) is 103 Å². The first kappa shape index (κ1) is 72.9. The third kappa shape index (κ3) is 41.8. The van der Waals surface area contributed by atoms with Crippen LogP contribution in [0.1, 0.15) is 265 Å². The highest BCUT2D eigenvalue weighted by Gasteiger charge is 2.47. The summed E-state index contributed by atoms with van der Waals surface area (Å²) in [6.45, 7) is 5.72. The number of amides is 1. The van der Waals surface area contributed by atoms with Gasteiger partial charge in [0.2, 0.25) is 5.91 Å². The number of carbonyl (C=O) groups excluding carboxylic acids is 2. The highest BCUT2D eigenvalue weighted by atomic mass is 16.7. The third-order valence-electron chi connectivity index (χ3n) is 14.5. The van der Waals surface area contributed by atoms with E-state index < -0.39 is 67.4 Å². The summed E-state index contributed by atoms with van der Waals surface area (Å²) in [4.78, 5) is 26.6. The summed E-state index contributed by atoms with van der Waals surface area (Å²) in [5, 5.41) is 57.0. The highest BCUT2D eigenvalue weighted by Crippen LogP contribution is 2.26. The van der Waals surface area contributed by atoms with E-state index in [0.717, 1.165) is 109 Å². The van der Waals surface area contributed by atoms with Crippen LogP contribution >= 0.6 is 0 Å². The summed E-state index contributed by atoms with van der Waals surface area (Å²) in [7, 11) is 0. The molecule has 1 aliphatic rings. The number of aliphatic hydroxyl groups is 5. The minimum atomic E-state index is -1.63. The van der Waals surface area contributed by atoms with Crippen molar-refractivity contribution in [1.82, 2.24) is 5.32 Å². The van der Waals surface area contributed by atoms with Crippen LogP contribution in [-0.2, 0) is 23.8 Å². The van der Waals surface area contributed by atoms with Crippen LogP contribution in [-0.4, -0.2) is 99.6 Å². The summed E-state index contributed by atoms with van der Waals surface area (Å²) < 4.78 is 17.6. The van der Waals surface area contributed by atoms with E-state index in [1.165, 1.54) is 109 Å². The molecular formula is C67H117NO10. The highest BCUT2D eigenvalue weighted by molar-refractivity contribution is 5.80. The SMILES string of the molecule is CCCCC/C=C\C/C=C\C/C=C\CCCCCCCCCC(O)C(=O)NC(COC1OC(CO)C(O)C(O)C1OC(=O)CCCCCC/C=C\C/C=C\C/C=C\CCCCC)C(O)/C=C/CCCCCCCCCCCC. The average molecular weight is 1100 g/mol. The van der Waals surface area contributed by atoms with Gasteiger partial charge in [0.05, 0.1) is 25.4 Å². The predicted octanol–water partition coefficient (Wildman–Crippen LogP) is 15.3. The maximum atomic E-state index is 13.4. The molecule has 0 spiro atoms. The van der Waals surface area contributed by atoms with Gasteiger partial charge in [0, 0.05) is 6.42 Å². The van der Waals surface area contributed by atoms with Crippen LogP contribution in [0.25, 0.3) is 0 Å². The first-order valence-corrected chi connectivity index (χ1v) is 31.9. The molecule has 1 aliphatic heterocycles. The molecule has 0 aromatic heterocycles. The maximum Gasteiger partial charge on any atom is 0.306 e. The van der Waals surface area contributed by atoms with Crippen molar-refractivity contribution < 1.29 is 49.3 Å². The summed E-state index contributed by atoms with van der Waals surface area (Å²) in [6, 6.07) is -1.04. The van der Waals surface area contributed by atoms with Crippen LogP contribution in [0, 0.1) is 0 Å². The van der Waals surface area contributed by atoms with Crippen molar-refractivity contribution in [3.05, 3.63) is 85.1 Å². The van der Waals surface area contributed by atoms with Crippen molar-refractivity contribution in [3.63, 3.8) is 0 Å². The zero-order chi connectivity index (χ0) is 56.8. The van der Waals surface area contributed by atoms with Crippen LogP contribution in [0.3, 0.4) is 0 Å². The minimum absolute atomic E-state index is 0.0939. The first-order chi connectivity index (χ1) is 38.2. The topological polar surface area (TPSA) is 175 Å². The van der Waals surface area contributed by atoms with Gasteiger partial charge in [-0.3, -0.25) is 9.59 Å². The number of aliphatic hydroxyl groups excluding tert-OH is 5. The van der Waals surface area contributed by atoms with Crippen molar-refractivity contribution >= 4 is 11.9 Å². The fraction of sp³-hybridized carbons (Fsp3) is 0.761. The predicted molar refractivity (Wildman–Crippen MR) is 324 cm³/mol. The number of nitrogens with one attached hydrogen (secondary N) is 1. The van der Waals surface area contributed by atoms with Gasteiger partial charge in [0.1, 0.15) is 24.4 Å². The third-order valence-corrected chi connectivity index (χ3v) is 14.5. The number of esters is 1. The normalized spacial score (nSPS) is 19.5. The standard InChI is InChI=1S/C67H117NO10/c1-4-7-10-13-16-19-22-25-27-29-30-31-33-34-36-39-42-45-48-51-54-60(71)66(75)68-58(59(70)53-50-47-44-41-38-24-21-18-15-12-9-6-3)57-76-67-65(64(74)63(73)61(56-69)77-67)78-62(72)55-52-49-46-43-40-37-35-32-28-26-23-20-17-14-11-8-5-2/h16-17,19-20,25-28,30-31,35,37,50,53,58-61,63-65,67,69-71,73-74H,4-15,18,21-24,29,32-34,36,38-49,51-52,54-57H2,1-3H3,(H,68,75)/b19-16-,20-17-,27-25-,28-26-,31-30-,37-35-,53-50+. The zero-order valence-electron chi connectivity index (χ0n) is 49.8. The fourth-order valence-electron chi connectivity index (χ4n) is 9.43. The number of allylic oxidation sites excluding steroid dienone is 13. The molecule has 6 N–H and O–H groups in total. The number of hydrogen-bond acceptors (Lipinski definition) is 10. The average Bonchev–Trinajstić information content (AvgIpc) is 3.44. The molecule has 0 bridgehead atoms. The molecule has 1 saturated heterocycles. The van der Waals surface area contributed by atoms with Crippen molar-refractivity contribution in [2.45, 2.75) is 314 Å². The van der Waals surface area contributed by atoms with Crippen molar-refractivity contribution in [2.75, 3.05) is 13.2 Å². The Bertz CT molecular complexity index is 1590. The summed E-state index contributed by atoms with van der Waals surface area (Å²) in [5.41, 5.74) is 0. The van der Waals surface area contributed by atoms with E-state index in [1.807, 2.05) is 6.08 Å². The molecule has 11 heteroatoms. The minimum Gasteiger partial charge on any atom is -0.454 e. The number of rotatable bonds is 53. The molecule has 1 amide bonds. The number of hydrogen-bond donors (Lipinski definition) is 6. The lowest BCUT2D eigenvalue weighted by atomic mass is 9.99. The first-order valence-electron chi connectivity index (χ1n) is 31.9. The molecule has 8 unspecified atom stereocenters. The molecule has 1 rings (SSSR count). The molecule has 1 heterocycles. The van der Waals surface area contributed by atoms with Crippen LogP contribution < -0.4 is 5.32 Å². The Morgan fingerprint density at radius 3 is 1.35 bits per heavy atom. The molecular weight excluding hydrogens is 979 g/mol. The van der Waals surface area contributed by atoms with Gasteiger partial charge in [-0.25, -0.2) is 0 Å². The Hall–Kier alpha value is -3.16. The summed E-state index contributed by atoms with van der Waals surface area (Å²) in [5.74, 6) is -1.23. The van der Waals surface area contributed by atoms with Gasteiger partial charge in [-0.15, -0.1) is 0 Å². The molecule has 11 nitrogen and oxygen atoms in total. The van der Waals surface area contributed by atoms with E-state index in [0.29, 0.717) is 12.8 Å². The van der Waals surface area contributed by atoms with Gasteiger partial charge >= 0.3 is 5.97 Å². The molecule has 1 fully saturated rings. The van der Waals surface area contributed by atoms with Gasteiger partial charge < -0.3 is 45.1 Å². The van der Waals surface area contributed by atoms with Crippen LogP contribution in [0.15, 0.2) is 85.1 Å². The summed E-state index contributed by atoms with van der Waals surface area (Å²) >= 11 is 0. The number of ether oxygens (including phenoxy) is 3. The number of unbranched alkanes of at least 4 members (excludes halogenated alkanes) is 27. The molecule has 8 atom stereocenters. The van der Waals surface area contributed by atoms with Crippen LogP contribution in [0.4, 0.5) is 0 Å². The van der Waals surface area contributed by atoms with E-state index in [4.69, 9.17) is 14.2 Å². The van der Waals surface area contributed by atoms with E-state index in [-0.39, 0.29) is 19.4 Å². The smallest absolute Gasteiger partial charge is 0.306 e. The number of carbonyl (C=O) groups is 2. The van der Waals surface area contributed by atoms with Crippen LogP contribution in [0.5, 0.6) is 0 Å². The second-order valence-electron chi connectivity index (χ2n) is 21.8. The summed E-state index contributed by atoms with van der Waals surface area (Å²) in [6.07, 6.45) is 60.4. The molecule has 0 radical (unpaired) electrons. The van der Waals surface area contributed by atoms with Gasteiger partial charge in [0.15, 0.2) is 12.4 Å². The molecule has 0 aromatic carbocycles. The Morgan fingerprint density at radius 1 is 0.500 bits per heavy atom. The van der Waals surface area contributed by atoms with Crippen molar-refractivity contribution in [3.8, 4) is 0 Å². The lowest BCUT2D eigenvalue weighted by molar-refractivity contribution is -0.305. The van der Waals surface area contributed by atoms with E-state index in [1.54, 1.807) is 6.08 Å². The van der Waals surface area contributed by atoms with E-state index in [9.17, 15) is 35.1 Å². The second kappa shape index (κ2) is 54.4. The Kier molecular flexibility index (Phi) is 50.8. The Labute approximate surface area is 476 Å².